The Kier molecular flexibility index (Phi) is 6.58. The van der Waals surface area contributed by atoms with E-state index >= 15 is 0 Å². The summed E-state index contributed by atoms with van der Waals surface area (Å²) in [6, 6.07) is 6.23. The van der Waals surface area contributed by atoms with Gasteiger partial charge in [-0.2, -0.15) is 0 Å². The van der Waals surface area contributed by atoms with Gasteiger partial charge in [0.05, 0.1) is 28.8 Å². The number of carbonyl (C=O) groups is 2. The minimum Gasteiger partial charge on any atom is -0.548 e. The molecule has 1 saturated heterocycles. The molecule has 0 saturated carbocycles. The zero-order valence-electron chi connectivity index (χ0n) is 18.8. The third kappa shape index (κ3) is 5.10. The van der Waals surface area contributed by atoms with Gasteiger partial charge in [-0.05, 0) is 68.5 Å². The number of carbonyl (C=O) groups excluding carboxylic acids is 2. The standard InChI is InChI=1S/C24H27Cl2N3O4/c1-24(2,3)33-23(32)29-9-8-28(13-19(29)22(30)31)21-18-7-6-16(25)10-14(18)4-5-15-11-17(26)12-27-20(15)21/h6-7,10-12,19,21H,4-5,8-9,13H2,1-3H3,(H,30,31)/p-1/t19-,21+/m1/s1. The average molecular weight is 491 g/mol. The molecule has 4 rings (SSSR count). The Morgan fingerprint density at radius 1 is 1.09 bits per heavy atom. The second kappa shape index (κ2) is 9.12. The van der Waals surface area contributed by atoms with Crippen molar-refractivity contribution in [1.29, 1.82) is 0 Å². The van der Waals surface area contributed by atoms with Crippen LogP contribution < -0.4 is 5.11 Å². The van der Waals surface area contributed by atoms with Gasteiger partial charge in [0, 0.05) is 30.9 Å². The highest BCUT2D eigenvalue weighted by molar-refractivity contribution is 6.30. The van der Waals surface area contributed by atoms with Crippen molar-refractivity contribution < 1.29 is 19.4 Å². The summed E-state index contributed by atoms with van der Waals surface area (Å²) in [5.41, 5.74) is 3.23. The van der Waals surface area contributed by atoms with E-state index in [0.717, 1.165) is 35.2 Å². The number of amides is 1. The first-order valence-corrected chi connectivity index (χ1v) is 11.7. The Morgan fingerprint density at radius 3 is 2.48 bits per heavy atom. The highest BCUT2D eigenvalue weighted by Crippen LogP contribution is 2.38. The fraction of sp³-hybridized carbons (Fsp3) is 0.458. The number of piperazine rings is 1. The SMILES string of the molecule is CC(C)(C)OC(=O)N1CCN([C@H]2c3ccc(Cl)cc3CCc3cc(Cl)cnc32)C[C@@H]1C(=O)[O-]. The predicted molar refractivity (Wildman–Crippen MR) is 123 cm³/mol. The van der Waals surface area contributed by atoms with Crippen molar-refractivity contribution in [2.45, 2.75) is 51.3 Å². The monoisotopic (exact) mass is 490 g/mol. The van der Waals surface area contributed by atoms with Gasteiger partial charge >= 0.3 is 6.09 Å². The number of nitrogens with zero attached hydrogens (tertiary/aromatic N) is 3. The van der Waals surface area contributed by atoms with Crippen LogP contribution >= 0.6 is 23.2 Å². The number of fused-ring (bicyclic) bond motifs is 2. The number of hydrogen-bond acceptors (Lipinski definition) is 6. The molecule has 33 heavy (non-hydrogen) atoms. The number of rotatable bonds is 2. The molecule has 0 N–H and O–H groups in total. The number of ether oxygens (including phenoxy) is 1. The van der Waals surface area contributed by atoms with Crippen molar-refractivity contribution in [2.24, 2.45) is 0 Å². The lowest BCUT2D eigenvalue weighted by Gasteiger charge is -2.45. The maximum absolute atomic E-state index is 12.7. The number of aliphatic carboxylic acids is 1. The lowest BCUT2D eigenvalue weighted by molar-refractivity contribution is -0.312. The Bertz CT molecular complexity index is 1030. The molecule has 2 aromatic rings. The van der Waals surface area contributed by atoms with Gasteiger partial charge in [-0.15, -0.1) is 0 Å². The number of halogens is 2. The van der Waals surface area contributed by atoms with Crippen LogP contribution in [-0.2, 0) is 22.4 Å². The zero-order chi connectivity index (χ0) is 23.9. The normalized spacial score (nSPS) is 21.1. The first-order valence-electron chi connectivity index (χ1n) is 10.9. The summed E-state index contributed by atoms with van der Waals surface area (Å²) in [5.74, 6) is -1.32. The van der Waals surface area contributed by atoms with Crippen LogP contribution in [0, 0.1) is 0 Å². The smallest absolute Gasteiger partial charge is 0.410 e. The second-order valence-corrected chi connectivity index (χ2v) is 10.3. The van der Waals surface area contributed by atoms with Gasteiger partial charge in [0.15, 0.2) is 0 Å². The fourth-order valence-corrected chi connectivity index (χ4v) is 4.94. The molecule has 2 atom stereocenters. The van der Waals surface area contributed by atoms with Crippen LogP contribution in [0.1, 0.15) is 49.2 Å². The second-order valence-electron chi connectivity index (χ2n) is 9.45. The molecule has 1 aliphatic heterocycles. The van der Waals surface area contributed by atoms with Gasteiger partial charge in [-0.3, -0.25) is 14.8 Å². The predicted octanol–water partition coefficient (Wildman–Crippen LogP) is 3.25. The first kappa shape index (κ1) is 23.8. The summed E-state index contributed by atoms with van der Waals surface area (Å²) < 4.78 is 5.43. The number of benzene rings is 1. The molecular formula is C24H26Cl2N3O4-. The molecule has 0 radical (unpaired) electrons. The van der Waals surface area contributed by atoms with E-state index in [1.807, 2.05) is 29.2 Å². The zero-order valence-corrected chi connectivity index (χ0v) is 20.3. The maximum atomic E-state index is 12.7. The fourth-order valence-electron chi connectivity index (χ4n) is 4.56. The number of aromatic nitrogens is 1. The van der Waals surface area contributed by atoms with Crippen molar-refractivity contribution >= 4 is 35.3 Å². The van der Waals surface area contributed by atoms with Crippen LogP contribution in [-0.4, -0.2) is 58.1 Å². The van der Waals surface area contributed by atoms with Crippen molar-refractivity contribution in [1.82, 2.24) is 14.8 Å². The molecule has 1 amide bonds. The van der Waals surface area contributed by atoms with Crippen LogP contribution in [0.15, 0.2) is 30.5 Å². The van der Waals surface area contributed by atoms with E-state index in [-0.39, 0.29) is 19.1 Å². The Balaban J connectivity index is 1.71. The van der Waals surface area contributed by atoms with Gasteiger partial charge in [0.2, 0.25) is 0 Å². The van der Waals surface area contributed by atoms with E-state index in [1.54, 1.807) is 27.0 Å². The lowest BCUT2D eigenvalue weighted by atomic mass is 9.95. The van der Waals surface area contributed by atoms with Crippen LogP contribution in [0.5, 0.6) is 0 Å². The number of pyridine rings is 1. The Morgan fingerprint density at radius 2 is 1.79 bits per heavy atom. The molecule has 7 nitrogen and oxygen atoms in total. The molecule has 1 aromatic heterocycles. The van der Waals surface area contributed by atoms with Crippen LogP contribution in [0.3, 0.4) is 0 Å². The highest BCUT2D eigenvalue weighted by Gasteiger charge is 2.39. The maximum Gasteiger partial charge on any atom is 0.410 e. The van der Waals surface area contributed by atoms with Gasteiger partial charge < -0.3 is 14.6 Å². The Labute approximate surface area is 203 Å². The van der Waals surface area contributed by atoms with Gasteiger partial charge in [-0.1, -0.05) is 29.3 Å². The number of hydrogen-bond donors (Lipinski definition) is 0. The summed E-state index contributed by atoms with van der Waals surface area (Å²) in [4.78, 5) is 32.7. The topological polar surface area (TPSA) is 85.8 Å². The minimum absolute atomic E-state index is 0.0814. The van der Waals surface area contributed by atoms with Crippen LogP contribution in [0.25, 0.3) is 0 Å². The first-order chi connectivity index (χ1) is 15.5. The molecule has 2 heterocycles. The molecular weight excluding hydrogens is 465 g/mol. The van der Waals surface area contributed by atoms with E-state index in [4.69, 9.17) is 27.9 Å². The van der Waals surface area contributed by atoms with Crippen molar-refractivity contribution in [3.05, 3.63) is 62.9 Å². The van der Waals surface area contributed by atoms with Crippen LogP contribution in [0.2, 0.25) is 10.0 Å². The van der Waals surface area contributed by atoms with Crippen molar-refractivity contribution in [3.63, 3.8) is 0 Å². The Hall–Kier alpha value is -2.35. The van der Waals surface area contributed by atoms with Crippen molar-refractivity contribution in [3.8, 4) is 0 Å². The van der Waals surface area contributed by atoms with E-state index in [9.17, 15) is 14.7 Å². The third-order valence-electron chi connectivity index (χ3n) is 5.97. The van der Waals surface area contributed by atoms with Gasteiger partial charge in [0.1, 0.15) is 5.60 Å². The largest absolute Gasteiger partial charge is 0.548 e. The molecule has 1 fully saturated rings. The third-order valence-corrected chi connectivity index (χ3v) is 6.41. The highest BCUT2D eigenvalue weighted by atomic mass is 35.5. The summed E-state index contributed by atoms with van der Waals surface area (Å²) in [5, 5.41) is 13.3. The molecule has 0 spiro atoms. The number of aryl methyl sites for hydroxylation is 2. The van der Waals surface area contributed by atoms with E-state index < -0.39 is 23.7 Å². The summed E-state index contributed by atoms with van der Waals surface area (Å²) in [7, 11) is 0. The minimum atomic E-state index is -1.32. The van der Waals surface area contributed by atoms with E-state index in [2.05, 4.69) is 4.98 Å². The lowest BCUT2D eigenvalue weighted by Crippen LogP contribution is -2.62. The number of carboxylic acids is 1. The summed E-state index contributed by atoms with van der Waals surface area (Å²) in [6.45, 7) is 5.96. The molecule has 1 aromatic carbocycles. The van der Waals surface area contributed by atoms with E-state index in [0.29, 0.717) is 16.6 Å². The molecule has 2 aliphatic rings. The quantitative estimate of drug-likeness (QED) is 0.642. The summed E-state index contributed by atoms with van der Waals surface area (Å²) in [6.07, 6.45) is 2.47. The van der Waals surface area contributed by atoms with Gasteiger partial charge in [-0.25, -0.2) is 4.79 Å². The molecule has 9 heteroatoms. The van der Waals surface area contributed by atoms with Crippen LogP contribution in [0.4, 0.5) is 4.79 Å². The van der Waals surface area contributed by atoms with E-state index in [1.165, 1.54) is 4.90 Å². The number of carboxylic acid groups (broad SMARTS) is 1. The summed E-state index contributed by atoms with van der Waals surface area (Å²) >= 11 is 12.5. The van der Waals surface area contributed by atoms with Gasteiger partial charge in [0.25, 0.3) is 0 Å². The van der Waals surface area contributed by atoms with Crippen molar-refractivity contribution in [2.75, 3.05) is 19.6 Å². The molecule has 0 bridgehead atoms. The molecule has 0 unspecified atom stereocenters. The molecule has 1 aliphatic carbocycles. The molecule has 176 valence electrons. The average Bonchev–Trinajstić information content (AvgIpc) is 2.88.